The fourth-order valence-corrected chi connectivity index (χ4v) is 1.89. The van der Waals surface area contributed by atoms with Crippen molar-refractivity contribution in [2.45, 2.75) is 20.3 Å². The monoisotopic (exact) mass is 348 g/mol. The Morgan fingerprint density at radius 3 is 2.80 bits per heavy atom. The van der Waals surface area contributed by atoms with Crippen LogP contribution in [0.25, 0.3) is 0 Å². The highest BCUT2D eigenvalue weighted by Gasteiger charge is 2.17. The van der Waals surface area contributed by atoms with Crippen LogP contribution in [-0.4, -0.2) is 24.7 Å². The molecule has 5 nitrogen and oxygen atoms in total. The van der Waals surface area contributed by atoms with E-state index in [1.165, 1.54) is 6.07 Å². The number of benzene rings is 1. The average Bonchev–Trinajstić information content (AvgIpc) is 2.36. The minimum atomic E-state index is -0.650. The van der Waals surface area contributed by atoms with Crippen molar-refractivity contribution >= 4 is 27.3 Å². The Hall–Kier alpha value is -1.21. The summed E-state index contributed by atoms with van der Waals surface area (Å²) in [4.78, 5) is 10.3. The van der Waals surface area contributed by atoms with Gasteiger partial charge in [-0.3, -0.25) is 10.1 Å². The molecule has 0 amide bonds. The van der Waals surface area contributed by atoms with Gasteiger partial charge in [0.05, 0.1) is 15.5 Å². The van der Waals surface area contributed by atoms with Crippen LogP contribution >= 0.6 is 15.9 Å². The van der Waals surface area contributed by atoms with Gasteiger partial charge in [-0.05, 0) is 34.3 Å². The second-order valence-electron chi connectivity index (χ2n) is 4.79. The van der Waals surface area contributed by atoms with Crippen molar-refractivity contribution in [1.82, 2.24) is 0 Å². The SMILES string of the molecule is CC(C)COCCCNc1cc(Br)c(F)cc1[N+](=O)[O-]. The summed E-state index contributed by atoms with van der Waals surface area (Å²) in [6.07, 6.45) is 0.721. The smallest absolute Gasteiger partial charge is 0.295 e. The second kappa shape index (κ2) is 8.16. The highest BCUT2D eigenvalue weighted by Crippen LogP contribution is 2.30. The highest BCUT2D eigenvalue weighted by atomic mass is 79.9. The van der Waals surface area contributed by atoms with Crippen molar-refractivity contribution in [3.8, 4) is 0 Å². The molecule has 0 spiro atoms. The van der Waals surface area contributed by atoms with Gasteiger partial charge < -0.3 is 10.1 Å². The Balaban J connectivity index is 2.51. The number of ether oxygens (including phenoxy) is 1. The Kier molecular flexibility index (Phi) is 6.87. The van der Waals surface area contributed by atoms with Gasteiger partial charge >= 0.3 is 0 Å². The van der Waals surface area contributed by atoms with Crippen LogP contribution in [0, 0.1) is 21.8 Å². The van der Waals surface area contributed by atoms with E-state index in [1.54, 1.807) is 0 Å². The molecular formula is C13H18BrFN2O3. The van der Waals surface area contributed by atoms with Crippen LogP contribution in [0.5, 0.6) is 0 Å². The van der Waals surface area contributed by atoms with Crippen molar-refractivity contribution in [1.29, 1.82) is 0 Å². The van der Waals surface area contributed by atoms with E-state index < -0.39 is 10.7 Å². The van der Waals surface area contributed by atoms with E-state index in [2.05, 4.69) is 35.1 Å². The van der Waals surface area contributed by atoms with Crippen LogP contribution in [0.2, 0.25) is 0 Å². The van der Waals surface area contributed by atoms with Crippen LogP contribution < -0.4 is 5.32 Å². The number of rotatable bonds is 8. The largest absolute Gasteiger partial charge is 0.381 e. The third kappa shape index (κ3) is 5.42. The summed E-state index contributed by atoms with van der Waals surface area (Å²) < 4.78 is 18.9. The molecule has 1 rings (SSSR count). The Morgan fingerprint density at radius 1 is 1.50 bits per heavy atom. The molecule has 0 saturated carbocycles. The molecule has 0 fully saturated rings. The number of nitro groups is 1. The normalized spacial score (nSPS) is 10.8. The van der Waals surface area contributed by atoms with E-state index in [9.17, 15) is 14.5 Å². The maximum Gasteiger partial charge on any atom is 0.295 e. The zero-order chi connectivity index (χ0) is 15.1. The lowest BCUT2D eigenvalue weighted by Crippen LogP contribution is -2.09. The molecule has 0 aliphatic rings. The fourth-order valence-electron chi connectivity index (χ4n) is 1.55. The molecule has 0 radical (unpaired) electrons. The predicted molar refractivity (Wildman–Crippen MR) is 79.5 cm³/mol. The van der Waals surface area contributed by atoms with Crippen LogP contribution in [0.4, 0.5) is 15.8 Å². The predicted octanol–water partition coefficient (Wildman–Crippen LogP) is 3.97. The van der Waals surface area contributed by atoms with Crippen molar-refractivity contribution in [3.05, 3.63) is 32.5 Å². The quantitative estimate of drug-likeness (QED) is 0.438. The Bertz CT molecular complexity index is 469. The summed E-state index contributed by atoms with van der Waals surface area (Å²) in [6, 6.07) is 2.28. The third-order valence-electron chi connectivity index (χ3n) is 2.47. The number of hydrogen-bond donors (Lipinski definition) is 1. The minimum absolute atomic E-state index is 0.196. The summed E-state index contributed by atoms with van der Waals surface area (Å²) in [6.45, 7) is 5.94. The topological polar surface area (TPSA) is 64.4 Å². The van der Waals surface area contributed by atoms with E-state index in [1.807, 2.05) is 0 Å². The number of hydrogen-bond acceptors (Lipinski definition) is 4. The molecule has 0 aromatic heterocycles. The number of nitrogens with zero attached hydrogens (tertiary/aromatic N) is 1. The summed E-state index contributed by atoms with van der Waals surface area (Å²) in [7, 11) is 0. The van der Waals surface area contributed by atoms with Crippen LogP contribution in [-0.2, 0) is 4.74 Å². The maximum atomic E-state index is 13.3. The van der Waals surface area contributed by atoms with E-state index >= 15 is 0 Å². The standard InChI is InChI=1S/C13H18BrFN2O3/c1-9(2)8-20-5-3-4-16-12-6-10(14)11(15)7-13(12)17(18)19/h6-7,9,16H,3-5,8H2,1-2H3. The number of nitrogens with one attached hydrogen (secondary N) is 1. The van der Waals surface area contributed by atoms with Crippen molar-refractivity contribution in [2.75, 3.05) is 25.1 Å². The summed E-state index contributed by atoms with van der Waals surface area (Å²) in [5.41, 5.74) is 0.0286. The van der Waals surface area contributed by atoms with Crippen LogP contribution in [0.15, 0.2) is 16.6 Å². The van der Waals surface area contributed by atoms with Gasteiger partial charge in [-0.1, -0.05) is 13.8 Å². The molecule has 7 heteroatoms. The lowest BCUT2D eigenvalue weighted by molar-refractivity contribution is -0.384. The molecule has 0 aliphatic heterocycles. The minimum Gasteiger partial charge on any atom is -0.381 e. The molecule has 112 valence electrons. The van der Waals surface area contributed by atoms with Gasteiger partial charge in [-0.25, -0.2) is 4.39 Å². The van der Waals surface area contributed by atoms with Crippen LogP contribution in [0.1, 0.15) is 20.3 Å². The highest BCUT2D eigenvalue weighted by molar-refractivity contribution is 9.10. The molecule has 0 saturated heterocycles. The average molecular weight is 349 g/mol. The summed E-state index contributed by atoms with van der Waals surface area (Å²) in [5, 5.41) is 13.8. The maximum absolute atomic E-state index is 13.3. The first-order valence-corrected chi connectivity index (χ1v) is 7.16. The lowest BCUT2D eigenvalue weighted by atomic mass is 10.2. The number of anilines is 1. The van der Waals surface area contributed by atoms with E-state index in [0.717, 1.165) is 12.5 Å². The van der Waals surface area contributed by atoms with Gasteiger partial charge in [0, 0.05) is 19.8 Å². The summed E-state index contributed by atoms with van der Waals surface area (Å²) in [5.74, 6) is -0.167. The first-order valence-electron chi connectivity index (χ1n) is 6.37. The number of halogens is 2. The zero-order valence-electron chi connectivity index (χ0n) is 11.5. The van der Waals surface area contributed by atoms with E-state index in [0.29, 0.717) is 31.4 Å². The van der Waals surface area contributed by atoms with Gasteiger partial charge in [0.15, 0.2) is 0 Å². The van der Waals surface area contributed by atoms with Gasteiger partial charge in [0.2, 0.25) is 0 Å². The molecule has 1 aromatic rings. The molecule has 0 heterocycles. The number of nitro benzene ring substituents is 1. The molecular weight excluding hydrogens is 331 g/mol. The van der Waals surface area contributed by atoms with Crippen molar-refractivity contribution in [3.63, 3.8) is 0 Å². The summed E-state index contributed by atoms with van der Waals surface area (Å²) >= 11 is 3.02. The lowest BCUT2D eigenvalue weighted by Gasteiger charge is -2.09. The Morgan fingerprint density at radius 2 is 2.20 bits per heavy atom. The third-order valence-corrected chi connectivity index (χ3v) is 3.08. The first kappa shape index (κ1) is 16.8. The molecule has 0 aliphatic carbocycles. The molecule has 0 bridgehead atoms. The molecule has 0 atom stereocenters. The van der Waals surface area contributed by atoms with E-state index in [-0.39, 0.29) is 10.2 Å². The molecule has 1 aromatic carbocycles. The van der Waals surface area contributed by atoms with Gasteiger partial charge in [-0.2, -0.15) is 0 Å². The van der Waals surface area contributed by atoms with E-state index in [4.69, 9.17) is 4.74 Å². The molecule has 0 unspecified atom stereocenters. The van der Waals surface area contributed by atoms with Gasteiger partial charge in [-0.15, -0.1) is 0 Å². The Labute approximate surface area is 125 Å². The second-order valence-corrected chi connectivity index (χ2v) is 5.64. The first-order chi connectivity index (χ1) is 9.41. The van der Waals surface area contributed by atoms with Crippen LogP contribution in [0.3, 0.4) is 0 Å². The van der Waals surface area contributed by atoms with Gasteiger partial charge in [0.1, 0.15) is 11.5 Å². The fraction of sp³-hybridized carbons (Fsp3) is 0.538. The van der Waals surface area contributed by atoms with Crippen molar-refractivity contribution < 1.29 is 14.1 Å². The molecule has 1 N–H and O–H groups in total. The molecule has 20 heavy (non-hydrogen) atoms. The van der Waals surface area contributed by atoms with Gasteiger partial charge in [0.25, 0.3) is 5.69 Å². The van der Waals surface area contributed by atoms with Crippen molar-refractivity contribution in [2.24, 2.45) is 5.92 Å². The zero-order valence-corrected chi connectivity index (χ0v) is 13.1.